The Morgan fingerprint density at radius 3 is 2.67 bits per heavy atom. The molecule has 0 fully saturated rings. The second-order valence-corrected chi connectivity index (χ2v) is 9.62. The Morgan fingerprint density at radius 1 is 1.00 bits per heavy atom. The Hall–Kier alpha value is -5.00. The fraction of sp³-hybridized carbons (Fsp3) is 0.0323. The Balaban J connectivity index is 1.44. The van der Waals surface area contributed by atoms with E-state index in [0.717, 1.165) is 15.4 Å². The van der Waals surface area contributed by atoms with Gasteiger partial charge in [-0.25, -0.2) is 4.98 Å². The first-order valence-electron chi connectivity index (χ1n) is 12.1. The lowest BCUT2D eigenvalue weighted by atomic mass is 10.1. The normalized spacial score (nSPS) is 11.3. The highest BCUT2D eigenvalue weighted by molar-refractivity contribution is 9.10. The molecule has 0 spiro atoms. The molecule has 0 radical (unpaired) electrons. The van der Waals surface area contributed by atoms with Gasteiger partial charge in [-0.05, 0) is 48.5 Å². The molecular formula is C31H19BrN4O3. The predicted molar refractivity (Wildman–Crippen MR) is 154 cm³/mol. The first-order valence-corrected chi connectivity index (χ1v) is 12.9. The molecule has 7 nitrogen and oxygen atoms in total. The fourth-order valence-corrected chi connectivity index (χ4v) is 4.64. The molecule has 6 aromatic rings. The van der Waals surface area contributed by atoms with Crippen LogP contribution in [0.3, 0.4) is 0 Å². The summed E-state index contributed by atoms with van der Waals surface area (Å²) in [5, 5.41) is 15.3. The van der Waals surface area contributed by atoms with E-state index in [0.29, 0.717) is 39.1 Å². The molecule has 2 aromatic heterocycles. The zero-order chi connectivity index (χ0) is 26.8. The summed E-state index contributed by atoms with van der Waals surface area (Å²) in [6, 6.07) is 31.6. The van der Waals surface area contributed by atoms with Gasteiger partial charge in [-0.3, -0.25) is 4.79 Å². The predicted octanol–water partition coefficient (Wildman–Crippen LogP) is 6.91. The zero-order valence-corrected chi connectivity index (χ0v) is 22.0. The number of hydrogen-bond donors (Lipinski definition) is 0. The Kier molecular flexibility index (Phi) is 6.49. The van der Waals surface area contributed by atoms with Crippen LogP contribution in [-0.4, -0.2) is 15.9 Å². The number of aromatic nitrogens is 2. The maximum atomic E-state index is 13.6. The third kappa shape index (κ3) is 4.83. The lowest BCUT2D eigenvalue weighted by Crippen LogP contribution is -2.20. The minimum Gasteiger partial charge on any atom is -0.488 e. The molecule has 0 aliphatic carbocycles. The van der Waals surface area contributed by atoms with E-state index in [1.54, 1.807) is 30.5 Å². The highest BCUT2D eigenvalue weighted by Crippen LogP contribution is 2.28. The van der Waals surface area contributed by atoms with E-state index in [1.165, 1.54) is 4.68 Å². The molecule has 0 atom stereocenters. The largest absolute Gasteiger partial charge is 0.488 e. The molecular weight excluding hydrogens is 556 g/mol. The second-order valence-electron chi connectivity index (χ2n) is 8.70. The third-order valence-electron chi connectivity index (χ3n) is 6.20. The summed E-state index contributed by atoms with van der Waals surface area (Å²) >= 11 is 3.50. The zero-order valence-electron chi connectivity index (χ0n) is 20.4. The van der Waals surface area contributed by atoms with Crippen molar-refractivity contribution in [3.8, 4) is 23.4 Å². The Bertz CT molecular complexity index is 1950. The molecule has 0 amide bonds. The van der Waals surface area contributed by atoms with Gasteiger partial charge in [0.1, 0.15) is 17.9 Å². The van der Waals surface area contributed by atoms with E-state index in [-0.39, 0.29) is 18.0 Å². The topological polar surface area (TPSA) is 93.4 Å². The summed E-state index contributed by atoms with van der Waals surface area (Å²) in [5.41, 5.74) is 2.86. The fourth-order valence-electron chi connectivity index (χ4n) is 4.26. The van der Waals surface area contributed by atoms with E-state index >= 15 is 0 Å². The van der Waals surface area contributed by atoms with Crippen LogP contribution < -0.4 is 10.3 Å². The molecule has 6 rings (SSSR count). The van der Waals surface area contributed by atoms with Crippen molar-refractivity contribution in [3.63, 3.8) is 0 Å². The van der Waals surface area contributed by atoms with Gasteiger partial charge in [0.05, 0.1) is 28.8 Å². The quantitative estimate of drug-likeness (QED) is 0.201. The number of nitriles is 1. The molecule has 8 heteroatoms. The molecule has 2 heterocycles. The van der Waals surface area contributed by atoms with Gasteiger partial charge in [0, 0.05) is 21.0 Å². The van der Waals surface area contributed by atoms with E-state index < -0.39 is 0 Å². The van der Waals surface area contributed by atoms with Crippen LogP contribution in [0, 0.1) is 11.3 Å². The van der Waals surface area contributed by atoms with Crippen LogP contribution in [0.5, 0.6) is 5.75 Å². The SMILES string of the molecule is N#Cc1ccccc1COc1ccc(Br)cc1C=Nn1c(-c2cc3ccccc3o2)nc2ccccc2c1=O. The highest BCUT2D eigenvalue weighted by atomic mass is 79.9. The Labute approximate surface area is 231 Å². The molecule has 0 bridgehead atoms. The van der Waals surface area contributed by atoms with Gasteiger partial charge in [-0.1, -0.05) is 64.5 Å². The van der Waals surface area contributed by atoms with Crippen LogP contribution in [0.4, 0.5) is 0 Å². The number of hydrogen-bond acceptors (Lipinski definition) is 6. The third-order valence-corrected chi connectivity index (χ3v) is 6.70. The maximum absolute atomic E-state index is 13.6. The molecule has 0 N–H and O–H groups in total. The summed E-state index contributed by atoms with van der Waals surface area (Å²) in [4.78, 5) is 18.3. The van der Waals surface area contributed by atoms with Gasteiger partial charge < -0.3 is 9.15 Å². The lowest BCUT2D eigenvalue weighted by molar-refractivity contribution is 0.305. The number of rotatable bonds is 6. The maximum Gasteiger partial charge on any atom is 0.282 e. The number of benzene rings is 4. The molecule has 188 valence electrons. The van der Waals surface area contributed by atoms with Crippen molar-refractivity contribution in [2.45, 2.75) is 6.61 Å². The van der Waals surface area contributed by atoms with Crippen LogP contribution >= 0.6 is 15.9 Å². The summed E-state index contributed by atoms with van der Waals surface area (Å²) in [7, 11) is 0. The molecule has 0 saturated heterocycles. The van der Waals surface area contributed by atoms with Crippen molar-refractivity contribution in [2.24, 2.45) is 5.10 Å². The smallest absolute Gasteiger partial charge is 0.282 e. The van der Waals surface area contributed by atoms with Crippen LogP contribution in [0.2, 0.25) is 0 Å². The summed E-state index contributed by atoms with van der Waals surface area (Å²) in [5.74, 6) is 1.25. The van der Waals surface area contributed by atoms with Crippen LogP contribution in [0.15, 0.2) is 116 Å². The number of fused-ring (bicyclic) bond motifs is 2. The molecule has 4 aromatic carbocycles. The van der Waals surface area contributed by atoms with Crippen molar-refractivity contribution in [1.29, 1.82) is 5.26 Å². The summed E-state index contributed by atoms with van der Waals surface area (Å²) < 4.78 is 14.2. The molecule has 0 aliphatic rings. The minimum atomic E-state index is -0.326. The molecule has 0 aliphatic heterocycles. The van der Waals surface area contributed by atoms with Gasteiger partial charge in [-0.2, -0.15) is 15.0 Å². The number of nitrogens with zero attached hydrogens (tertiary/aromatic N) is 4. The van der Waals surface area contributed by atoms with Crippen LogP contribution in [-0.2, 0) is 6.61 Å². The van der Waals surface area contributed by atoms with Crippen molar-refractivity contribution in [2.75, 3.05) is 0 Å². The number of halogens is 1. The van der Waals surface area contributed by atoms with Gasteiger partial charge >= 0.3 is 0 Å². The molecule has 39 heavy (non-hydrogen) atoms. The van der Waals surface area contributed by atoms with Crippen molar-refractivity contribution in [3.05, 3.63) is 129 Å². The minimum absolute atomic E-state index is 0.202. The first kappa shape index (κ1) is 24.3. The summed E-state index contributed by atoms with van der Waals surface area (Å²) in [6.45, 7) is 0.202. The molecule has 0 unspecified atom stereocenters. The van der Waals surface area contributed by atoms with Crippen LogP contribution in [0.1, 0.15) is 16.7 Å². The van der Waals surface area contributed by atoms with Gasteiger partial charge in [0.2, 0.25) is 5.82 Å². The number of furan rings is 1. The lowest BCUT2D eigenvalue weighted by Gasteiger charge is -2.11. The summed E-state index contributed by atoms with van der Waals surface area (Å²) in [6.07, 6.45) is 1.56. The van der Waals surface area contributed by atoms with E-state index in [9.17, 15) is 10.1 Å². The monoisotopic (exact) mass is 574 g/mol. The molecule has 0 saturated carbocycles. The van der Waals surface area contributed by atoms with E-state index in [4.69, 9.17) is 14.1 Å². The van der Waals surface area contributed by atoms with E-state index in [1.807, 2.05) is 72.8 Å². The van der Waals surface area contributed by atoms with Crippen molar-refractivity contribution >= 4 is 44.0 Å². The average Bonchev–Trinajstić information content (AvgIpc) is 3.40. The van der Waals surface area contributed by atoms with Crippen molar-refractivity contribution < 1.29 is 9.15 Å². The van der Waals surface area contributed by atoms with Gasteiger partial charge in [-0.15, -0.1) is 0 Å². The number of para-hydroxylation sites is 2. The Morgan fingerprint density at radius 2 is 1.79 bits per heavy atom. The average molecular weight is 575 g/mol. The van der Waals surface area contributed by atoms with Crippen molar-refractivity contribution in [1.82, 2.24) is 9.66 Å². The highest BCUT2D eigenvalue weighted by Gasteiger charge is 2.16. The first-order chi connectivity index (χ1) is 19.1. The second kappa shape index (κ2) is 10.4. The van der Waals surface area contributed by atoms with E-state index in [2.05, 4.69) is 27.1 Å². The number of ether oxygens (including phenoxy) is 1. The van der Waals surface area contributed by atoms with Crippen LogP contribution in [0.25, 0.3) is 33.5 Å². The van der Waals surface area contributed by atoms with Gasteiger partial charge in [0.15, 0.2) is 5.76 Å². The van der Waals surface area contributed by atoms with Gasteiger partial charge in [0.25, 0.3) is 5.56 Å². The standard InChI is InChI=1S/C31H19BrN4O3/c32-24-13-14-27(38-19-22-9-2-1-8-21(22)17-33)23(15-24)18-34-36-30(29-16-20-7-3-6-12-28(20)39-29)35-26-11-5-4-10-25(26)31(36)37/h1-16,18H,19H2.